The van der Waals surface area contributed by atoms with Gasteiger partial charge in [-0.15, -0.1) is 11.8 Å². The number of carbonyl (C=O) groups excluding carboxylic acids is 1. The Morgan fingerprint density at radius 1 is 1.19 bits per heavy atom. The Hall–Kier alpha value is -2.01. The van der Waals surface area contributed by atoms with Gasteiger partial charge in [0.05, 0.1) is 12.9 Å². The lowest BCUT2D eigenvalue weighted by molar-refractivity contribution is -0.115. The van der Waals surface area contributed by atoms with Crippen molar-refractivity contribution in [3.63, 3.8) is 0 Å². The van der Waals surface area contributed by atoms with Crippen LogP contribution in [0.1, 0.15) is 10.9 Å². The average Bonchev–Trinajstić information content (AvgIpc) is 2.89. The van der Waals surface area contributed by atoms with Crippen molar-refractivity contribution in [2.24, 2.45) is 0 Å². The third kappa shape index (κ3) is 2.61. The van der Waals surface area contributed by atoms with E-state index in [9.17, 15) is 9.18 Å². The number of anilines is 1. The summed E-state index contributed by atoms with van der Waals surface area (Å²) in [5.41, 5.74) is 1.28. The van der Waals surface area contributed by atoms with Crippen molar-refractivity contribution < 1.29 is 13.9 Å². The first-order valence-electron chi connectivity index (χ1n) is 6.53. The highest BCUT2D eigenvalue weighted by Gasteiger charge is 2.35. The number of methoxy groups -OCH3 is 1. The molecule has 0 aromatic heterocycles. The van der Waals surface area contributed by atoms with Gasteiger partial charge < -0.3 is 4.74 Å². The molecule has 0 N–H and O–H groups in total. The van der Waals surface area contributed by atoms with Crippen molar-refractivity contribution in [3.05, 3.63) is 59.9 Å². The fraction of sp³-hybridized carbons (Fsp3) is 0.188. The molecule has 0 bridgehead atoms. The molecule has 108 valence electrons. The minimum Gasteiger partial charge on any atom is -0.497 e. The molecule has 3 nitrogen and oxygen atoms in total. The predicted octanol–water partition coefficient (Wildman–Crippen LogP) is 3.61. The average molecular weight is 303 g/mol. The fourth-order valence-electron chi connectivity index (χ4n) is 2.35. The molecule has 1 aliphatic heterocycles. The Bertz CT molecular complexity index is 660. The molecular weight excluding hydrogens is 289 g/mol. The van der Waals surface area contributed by atoms with E-state index in [2.05, 4.69) is 0 Å². The molecule has 1 heterocycles. The maximum absolute atomic E-state index is 14.0. The first-order chi connectivity index (χ1) is 10.2. The second kappa shape index (κ2) is 5.77. The molecular formula is C16H14FNO2S. The number of amides is 1. The smallest absolute Gasteiger partial charge is 0.238 e. The van der Waals surface area contributed by atoms with E-state index in [4.69, 9.17) is 4.74 Å². The maximum atomic E-state index is 14.0. The molecule has 1 atom stereocenters. The van der Waals surface area contributed by atoms with Gasteiger partial charge in [0.2, 0.25) is 5.91 Å². The quantitative estimate of drug-likeness (QED) is 0.867. The highest BCUT2D eigenvalue weighted by atomic mass is 32.2. The van der Waals surface area contributed by atoms with Crippen LogP contribution >= 0.6 is 11.8 Å². The molecule has 2 aromatic carbocycles. The molecule has 0 unspecified atom stereocenters. The van der Waals surface area contributed by atoms with Crippen LogP contribution in [0.25, 0.3) is 0 Å². The monoisotopic (exact) mass is 303 g/mol. The minimum absolute atomic E-state index is 0.0154. The van der Waals surface area contributed by atoms with Crippen LogP contribution in [-0.4, -0.2) is 18.8 Å². The molecule has 3 rings (SSSR count). The second-order valence-corrected chi connectivity index (χ2v) is 5.72. The Morgan fingerprint density at radius 3 is 2.57 bits per heavy atom. The first kappa shape index (κ1) is 13.9. The van der Waals surface area contributed by atoms with Crippen molar-refractivity contribution in [1.29, 1.82) is 0 Å². The van der Waals surface area contributed by atoms with Crippen molar-refractivity contribution in [2.75, 3.05) is 17.8 Å². The van der Waals surface area contributed by atoms with E-state index in [1.165, 1.54) is 17.8 Å². The van der Waals surface area contributed by atoms with Gasteiger partial charge in [0.15, 0.2) is 0 Å². The van der Waals surface area contributed by atoms with Crippen molar-refractivity contribution in [1.82, 2.24) is 0 Å². The van der Waals surface area contributed by atoms with Gasteiger partial charge in [0, 0.05) is 11.3 Å². The summed E-state index contributed by atoms with van der Waals surface area (Å²) >= 11 is 1.44. The number of benzene rings is 2. The van der Waals surface area contributed by atoms with Gasteiger partial charge in [-0.3, -0.25) is 9.69 Å². The number of hydrogen-bond donors (Lipinski definition) is 0. The summed E-state index contributed by atoms with van der Waals surface area (Å²) < 4.78 is 19.1. The van der Waals surface area contributed by atoms with Crippen LogP contribution < -0.4 is 9.64 Å². The molecule has 1 fully saturated rings. The summed E-state index contributed by atoms with van der Waals surface area (Å²) in [6, 6.07) is 13.8. The van der Waals surface area contributed by atoms with E-state index in [1.54, 1.807) is 42.3 Å². The Morgan fingerprint density at radius 2 is 1.90 bits per heavy atom. The van der Waals surface area contributed by atoms with Gasteiger partial charge in [-0.25, -0.2) is 4.39 Å². The summed E-state index contributed by atoms with van der Waals surface area (Å²) in [6.45, 7) is 0. The number of nitrogens with zero attached hydrogens (tertiary/aromatic N) is 1. The van der Waals surface area contributed by atoms with E-state index in [1.807, 2.05) is 12.1 Å². The normalized spacial score (nSPS) is 18.1. The Kier molecular flexibility index (Phi) is 3.84. The molecule has 0 radical (unpaired) electrons. The largest absolute Gasteiger partial charge is 0.497 e. The molecule has 1 aliphatic rings. The number of ether oxygens (including phenoxy) is 1. The number of halogens is 1. The molecule has 1 amide bonds. The zero-order valence-electron chi connectivity index (χ0n) is 11.5. The standard InChI is InChI=1S/C16H14FNO2S/c1-20-12-8-6-11(7-9-12)18-15(19)10-21-16(18)13-4-2-3-5-14(13)17/h2-9,16H,10H2,1H3/t16-/m1/s1. The summed E-state index contributed by atoms with van der Waals surface area (Å²) in [6.07, 6.45) is 0. The zero-order valence-corrected chi connectivity index (χ0v) is 12.3. The minimum atomic E-state index is -0.327. The van der Waals surface area contributed by atoms with Crippen molar-refractivity contribution >= 4 is 23.4 Å². The number of rotatable bonds is 3. The van der Waals surface area contributed by atoms with E-state index in [-0.39, 0.29) is 17.1 Å². The highest BCUT2D eigenvalue weighted by molar-refractivity contribution is 8.00. The molecule has 0 aliphatic carbocycles. The van der Waals surface area contributed by atoms with Crippen molar-refractivity contribution in [2.45, 2.75) is 5.37 Å². The van der Waals surface area contributed by atoms with Crippen molar-refractivity contribution in [3.8, 4) is 5.75 Å². The number of thioether (sulfide) groups is 1. The van der Waals surface area contributed by atoms with Crippen LogP contribution in [0.3, 0.4) is 0 Å². The van der Waals surface area contributed by atoms with Gasteiger partial charge in [-0.1, -0.05) is 18.2 Å². The lowest BCUT2D eigenvalue weighted by Crippen LogP contribution is -2.28. The van der Waals surface area contributed by atoms with Crippen LogP contribution in [0.4, 0.5) is 10.1 Å². The Labute approximate surface area is 126 Å². The molecule has 2 aromatic rings. The topological polar surface area (TPSA) is 29.5 Å². The van der Waals surface area contributed by atoms with Gasteiger partial charge in [-0.2, -0.15) is 0 Å². The van der Waals surface area contributed by atoms with E-state index in [0.717, 1.165) is 11.4 Å². The second-order valence-electron chi connectivity index (χ2n) is 4.65. The van der Waals surface area contributed by atoms with Gasteiger partial charge in [-0.05, 0) is 30.3 Å². The summed E-state index contributed by atoms with van der Waals surface area (Å²) in [7, 11) is 1.59. The van der Waals surface area contributed by atoms with Crippen LogP contribution in [0, 0.1) is 5.82 Å². The lowest BCUT2D eigenvalue weighted by atomic mass is 10.1. The molecule has 5 heteroatoms. The number of carbonyl (C=O) groups is 1. The van der Waals surface area contributed by atoms with E-state index >= 15 is 0 Å². The van der Waals surface area contributed by atoms with Crippen LogP contribution in [0.5, 0.6) is 5.75 Å². The Balaban J connectivity index is 1.97. The summed E-state index contributed by atoms with van der Waals surface area (Å²) in [5.74, 6) is 0.771. The van der Waals surface area contributed by atoms with Gasteiger partial charge >= 0.3 is 0 Å². The maximum Gasteiger partial charge on any atom is 0.238 e. The third-order valence-electron chi connectivity index (χ3n) is 3.39. The van der Waals surface area contributed by atoms with Crippen LogP contribution in [0.15, 0.2) is 48.5 Å². The van der Waals surface area contributed by atoms with E-state index in [0.29, 0.717) is 11.3 Å². The first-order valence-corrected chi connectivity index (χ1v) is 7.57. The van der Waals surface area contributed by atoms with Gasteiger partial charge in [0.1, 0.15) is 16.9 Å². The van der Waals surface area contributed by atoms with E-state index < -0.39 is 0 Å². The number of hydrogen-bond acceptors (Lipinski definition) is 3. The third-order valence-corrected chi connectivity index (χ3v) is 4.58. The predicted molar refractivity (Wildman–Crippen MR) is 82.1 cm³/mol. The molecule has 21 heavy (non-hydrogen) atoms. The van der Waals surface area contributed by atoms with Crippen LogP contribution in [0.2, 0.25) is 0 Å². The fourth-order valence-corrected chi connectivity index (χ4v) is 3.55. The molecule has 1 saturated heterocycles. The zero-order chi connectivity index (χ0) is 14.8. The molecule has 0 saturated carbocycles. The van der Waals surface area contributed by atoms with Crippen LogP contribution in [-0.2, 0) is 4.79 Å². The SMILES string of the molecule is COc1ccc(N2C(=O)CS[C@@H]2c2ccccc2F)cc1. The summed E-state index contributed by atoms with van der Waals surface area (Å²) in [5, 5.41) is -0.327. The van der Waals surface area contributed by atoms with Gasteiger partial charge in [0.25, 0.3) is 0 Å². The summed E-state index contributed by atoms with van der Waals surface area (Å²) in [4.78, 5) is 13.8. The highest BCUT2D eigenvalue weighted by Crippen LogP contribution is 2.42. The molecule has 0 spiro atoms. The lowest BCUT2D eigenvalue weighted by Gasteiger charge is -2.24.